The molecular weight excluding hydrogens is 376 g/mol. The lowest BCUT2D eigenvalue weighted by atomic mass is 10.1. The molecule has 1 amide bonds. The number of anilines is 1. The minimum atomic E-state index is -0.472. The lowest BCUT2D eigenvalue weighted by Crippen LogP contribution is -2.21. The minimum absolute atomic E-state index is 0.0894. The van der Waals surface area contributed by atoms with E-state index < -0.39 is 11.9 Å². The molecule has 28 heavy (non-hydrogen) atoms. The number of esters is 1. The normalized spacial score (nSPS) is 10.4. The number of rotatable bonds is 7. The highest BCUT2D eigenvalue weighted by molar-refractivity contribution is 7.14. The van der Waals surface area contributed by atoms with Crippen LogP contribution in [0.15, 0.2) is 53.9 Å². The summed E-state index contributed by atoms with van der Waals surface area (Å²) in [5, 5.41) is 4.99. The summed E-state index contributed by atoms with van der Waals surface area (Å²) < 4.78 is 10.1. The monoisotopic (exact) mass is 396 g/mol. The first-order chi connectivity index (χ1) is 13.5. The number of methoxy groups -OCH3 is 1. The summed E-state index contributed by atoms with van der Waals surface area (Å²) >= 11 is 1.32. The van der Waals surface area contributed by atoms with Gasteiger partial charge in [-0.2, -0.15) is 0 Å². The number of nitrogens with one attached hydrogen (secondary N) is 1. The number of nitrogens with zero attached hydrogens (tertiary/aromatic N) is 1. The molecule has 1 aromatic heterocycles. The van der Waals surface area contributed by atoms with E-state index in [4.69, 9.17) is 9.47 Å². The summed E-state index contributed by atoms with van der Waals surface area (Å²) in [7, 11) is 1.58. The van der Waals surface area contributed by atoms with Gasteiger partial charge in [-0.1, -0.05) is 42.0 Å². The molecule has 144 valence electrons. The van der Waals surface area contributed by atoms with Crippen LogP contribution in [0.3, 0.4) is 0 Å². The summed E-state index contributed by atoms with van der Waals surface area (Å²) in [5.74, 6) is -0.183. The Kier molecular flexibility index (Phi) is 6.39. The van der Waals surface area contributed by atoms with Crippen molar-refractivity contribution in [1.29, 1.82) is 0 Å². The number of thiazole rings is 1. The van der Waals surface area contributed by atoms with E-state index in [1.807, 2.05) is 36.6 Å². The molecule has 0 unspecified atom stereocenters. The van der Waals surface area contributed by atoms with E-state index in [9.17, 15) is 9.59 Å². The fourth-order valence-electron chi connectivity index (χ4n) is 2.45. The molecule has 1 heterocycles. The summed E-state index contributed by atoms with van der Waals surface area (Å²) in [5.41, 5.74) is 3.72. The average Bonchev–Trinajstić information content (AvgIpc) is 3.16. The third-order valence-corrected chi connectivity index (χ3v) is 4.73. The molecule has 0 saturated heterocycles. The van der Waals surface area contributed by atoms with Crippen molar-refractivity contribution in [3.63, 3.8) is 0 Å². The zero-order valence-corrected chi connectivity index (χ0v) is 16.4. The Morgan fingerprint density at radius 2 is 1.79 bits per heavy atom. The van der Waals surface area contributed by atoms with Crippen molar-refractivity contribution in [3.05, 3.63) is 65.0 Å². The van der Waals surface area contributed by atoms with Crippen LogP contribution in [-0.4, -0.2) is 30.6 Å². The van der Waals surface area contributed by atoms with Crippen molar-refractivity contribution >= 4 is 28.3 Å². The predicted octanol–water partition coefficient (Wildman–Crippen LogP) is 3.85. The second-order valence-electron chi connectivity index (χ2n) is 6.14. The fraction of sp³-hybridized carbons (Fsp3) is 0.190. The van der Waals surface area contributed by atoms with Gasteiger partial charge in [-0.15, -0.1) is 11.3 Å². The van der Waals surface area contributed by atoms with Crippen molar-refractivity contribution in [3.8, 4) is 17.0 Å². The highest BCUT2D eigenvalue weighted by Gasteiger charge is 2.11. The van der Waals surface area contributed by atoms with Gasteiger partial charge in [0.25, 0.3) is 5.91 Å². The smallest absolute Gasteiger partial charge is 0.310 e. The zero-order chi connectivity index (χ0) is 19.9. The third kappa shape index (κ3) is 5.40. The van der Waals surface area contributed by atoms with Crippen LogP contribution in [-0.2, 0) is 20.7 Å². The maximum atomic E-state index is 12.0. The summed E-state index contributed by atoms with van der Waals surface area (Å²) in [4.78, 5) is 28.3. The molecule has 0 fully saturated rings. The second-order valence-corrected chi connectivity index (χ2v) is 7.00. The predicted molar refractivity (Wildman–Crippen MR) is 109 cm³/mol. The Bertz CT molecular complexity index is 949. The first-order valence-electron chi connectivity index (χ1n) is 8.64. The molecule has 0 spiro atoms. The van der Waals surface area contributed by atoms with Crippen molar-refractivity contribution in [2.24, 2.45) is 0 Å². The molecule has 1 N–H and O–H groups in total. The Morgan fingerprint density at radius 3 is 2.46 bits per heavy atom. The van der Waals surface area contributed by atoms with E-state index in [2.05, 4.69) is 10.3 Å². The van der Waals surface area contributed by atoms with E-state index in [1.54, 1.807) is 31.4 Å². The Morgan fingerprint density at radius 1 is 1.07 bits per heavy atom. The Balaban J connectivity index is 1.47. The van der Waals surface area contributed by atoms with E-state index in [1.165, 1.54) is 16.9 Å². The van der Waals surface area contributed by atoms with Gasteiger partial charge >= 0.3 is 5.97 Å². The van der Waals surface area contributed by atoms with Crippen LogP contribution < -0.4 is 10.1 Å². The number of hydrogen-bond donors (Lipinski definition) is 1. The molecule has 3 rings (SSSR count). The van der Waals surface area contributed by atoms with Gasteiger partial charge in [0.15, 0.2) is 11.7 Å². The van der Waals surface area contributed by atoms with Crippen LogP contribution >= 0.6 is 11.3 Å². The van der Waals surface area contributed by atoms with Crippen LogP contribution in [0.5, 0.6) is 5.75 Å². The van der Waals surface area contributed by atoms with Gasteiger partial charge in [0, 0.05) is 10.9 Å². The molecule has 2 aromatic carbocycles. The zero-order valence-electron chi connectivity index (χ0n) is 15.6. The summed E-state index contributed by atoms with van der Waals surface area (Å²) in [6, 6.07) is 15.1. The van der Waals surface area contributed by atoms with Gasteiger partial charge in [-0.25, -0.2) is 4.98 Å². The maximum absolute atomic E-state index is 12.0. The first-order valence-corrected chi connectivity index (χ1v) is 9.52. The molecule has 7 heteroatoms. The summed E-state index contributed by atoms with van der Waals surface area (Å²) in [6.45, 7) is 1.67. The standard InChI is InChI=1S/C21H20N2O4S/c1-14-3-7-16(8-4-14)18-13-28-21(22-18)23-19(24)12-27-20(25)11-15-5-9-17(26-2)10-6-15/h3-10,13H,11-12H2,1-2H3,(H,22,23,24). The number of aromatic nitrogens is 1. The molecule has 0 bridgehead atoms. The van der Waals surface area contributed by atoms with Crippen LogP contribution in [0, 0.1) is 6.92 Å². The van der Waals surface area contributed by atoms with Gasteiger partial charge in [-0.05, 0) is 24.6 Å². The SMILES string of the molecule is COc1ccc(CC(=O)OCC(=O)Nc2nc(-c3ccc(C)cc3)cs2)cc1. The van der Waals surface area contributed by atoms with Crippen LogP contribution in [0.1, 0.15) is 11.1 Å². The Hall–Kier alpha value is -3.19. The highest BCUT2D eigenvalue weighted by Crippen LogP contribution is 2.25. The van der Waals surface area contributed by atoms with Crippen molar-refractivity contribution in [2.75, 3.05) is 19.0 Å². The van der Waals surface area contributed by atoms with Gasteiger partial charge in [-0.3, -0.25) is 14.9 Å². The molecule has 0 aliphatic rings. The van der Waals surface area contributed by atoms with Gasteiger partial charge < -0.3 is 9.47 Å². The van der Waals surface area contributed by atoms with Crippen LogP contribution in [0.25, 0.3) is 11.3 Å². The molecular formula is C21H20N2O4S. The third-order valence-electron chi connectivity index (χ3n) is 3.97. The van der Waals surface area contributed by atoms with Gasteiger partial charge in [0.1, 0.15) is 5.75 Å². The van der Waals surface area contributed by atoms with E-state index >= 15 is 0 Å². The number of hydrogen-bond acceptors (Lipinski definition) is 6. The number of benzene rings is 2. The molecule has 0 atom stereocenters. The second kappa shape index (κ2) is 9.14. The molecule has 0 aliphatic heterocycles. The topological polar surface area (TPSA) is 77.5 Å². The number of carbonyl (C=O) groups excluding carboxylic acids is 2. The molecule has 0 aliphatic carbocycles. The molecule has 3 aromatic rings. The van der Waals surface area contributed by atoms with E-state index in [0.29, 0.717) is 10.9 Å². The van der Waals surface area contributed by atoms with E-state index in [0.717, 1.165) is 16.8 Å². The molecule has 0 saturated carbocycles. The van der Waals surface area contributed by atoms with Crippen molar-refractivity contribution in [1.82, 2.24) is 4.98 Å². The number of amides is 1. The largest absolute Gasteiger partial charge is 0.497 e. The average molecular weight is 396 g/mol. The van der Waals surface area contributed by atoms with Crippen molar-refractivity contribution < 1.29 is 19.1 Å². The maximum Gasteiger partial charge on any atom is 0.310 e. The fourth-order valence-corrected chi connectivity index (χ4v) is 3.19. The van der Waals surface area contributed by atoms with Crippen LogP contribution in [0.4, 0.5) is 5.13 Å². The lowest BCUT2D eigenvalue weighted by molar-refractivity contribution is -0.146. The van der Waals surface area contributed by atoms with Crippen molar-refractivity contribution in [2.45, 2.75) is 13.3 Å². The number of ether oxygens (including phenoxy) is 2. The number of carbonyl (C=O) groups is 2. The van der Waals surface area contributed by atoms with Gasteiger partial charge in [0.05, 0.1) is 19.2 Å². The van der Waals surface area contributed by atoms with Gasteiger partial charge in [0.2, 0.25) is 0 Å². The minimum Gasteiger partial charge on any atom is -0.497 e. The quantitative estimate of drug-likeness (QED) is 0.614. The molecule has 6 nitrogen and oxygen atoms in total. The van der Waals surface area contributed by atoms with Crippen LogP contribution in [0.2, 0.25) is 0 Å². The highest BCUT2D eigenvalue weighted by atomic mass is 32.1. The Labute approximate surface area is 167 Å². The first kappa shape index (κ1) is 19.6. The number of aryl methyl sites for hydroxylation is 1. The molecule has 0 radical (unpaired) electrons. The van der Waals surface area contributed by atoms with E-state index in [-0.39, 0.29) is 13.0 Å². The lowest BCUT2D eigenvalue weighted by Gasteiger charge is -2.05. The summed E-state index contributed by atoms with van der Waals surface area (Å²) in [6.07, 6.45) is 0.0894.